The van der Waals surface area contributed by atoms with Crippen LogP contribution in [-0.2, 0) is 4.79 Å². The highest BCUT2D eigenvalue weighted by molar-refractivity contribution is 5.91. The number of nitrogen functional groups attached to an aromatic ring is 1. The van der Waals surface area contributed by atoms with E-state index in [1.165, 1.54) is 6.08 Å². The molecule has 1 amide bonds. The molecule has 2 aromatic carbocycles. The van der Waals surface area contributed by atoms with Gasteiger partial charge in [-0.3, -0.25) is 14.2 Å². The maximum Gasteiger partial charge on any atom is 0.266 e. The van der Waals surface area contributed by atoms with Crippen LogP contribution in [-0.4, -0.2) is 25.4 Å². The quantitative estimate of drug-likeness (QED) is 0.352. The maximum atomic E-state index is 13.8. The minimum atomic E-state index is -0.594. The van der Waals surface area contributed by atoms with Crippen molar-refractivity contribution < 1.29 is 4.79 Å². The summed E-state index contributed by atoms with van der Waals surface area (Å²) in [4.78, 5) is 38.6. The number of para-hydroxylation sites is 1. The van der Waals surface area contributed by atoms with E-state index < -0.39 is 11.9 Å². The number of fused-ring (bicyclic) bond motifs is 1. The summed E-state index contributed by atoms with van der Waals surface area (Å²) in [5.74, 6) is 0.432. The van der Waals surface area contributed by atoms with Crippen molar-refractivity contribution in [3.05, 3.63) is 87.6 Å². The van der Waals surface area contributed by atoms with E-state index in [2.05, 4.69) is 15.3 Å². The molecular weight excluding hydrogens is 442 g/mol. The lowest BCUT2D eigenvalue weighted by atomic mass is 10.1. The molecule has 178 valence electrons. The van der Waals surface area contributed by atoms with Crippen LogP contribution in [0, 0.1) is 13.8 Å². The van der Waals surface area contributed by atoms with Gasteiger partial charge in [0.1, 0.15) is 11.6 Å². The van der Waals surface area contributed by atoms with Crippen molar-refractivity contribution in [3.63, 3.8) is 0 Å². The van der Waals surface area contributed by atoms with Gasteiger partial charge in [-0.25, -0.2) is 9.97 Å². The number of hydrogen-bond donors (Lipinski definition) is 3. The van der Waals surface area contributed by atoms with Crippen LogP contribution in [0.25, 0.3) is 22.7 Å². The van der Waals surface area contributed by atoms with E-state index in [1.54, 1.807) is 17.6 Å². The van der Waals surface area contributed by atoms with Crippen LogP contribution in [0.3, 0.4) is 0 Å². The summed E-state index contributed by atoms with van der Waals surface area (Å²) >= 11 is 0. The van der Waals surface area contributed by atoms with Crippen molar-refractivity contribution in [3.8, 4) is 5.69 Å². The summed E-state index contributed by atoms with van der Waals surface area (Å²) in [6, 6.07) is 14.6. The van der Waals surface area contributed by atoms with Gasteiger partial charge in [-0.1, -0.05) is 37.3 Å². The van der Waals surface area contributed by atoms with E-state index in [4.69, 9.17) is 16.5 Å². The number of nitrogens with zero attached hydrogens (tertiary/aromatic N) is 4. The second-order valence-corrected chi connectivity index (χ2v) is 8.19. The number of rotatable bonds is 7. The molecule has 0 spiro atoms. The van der Waals surface area contributed by atoms with E-state index in [1.807, 2.05) is 62.4 Å². The van der Waals surface area contributed by atoms with Crippen LogP contribution >= 0.6 is 0 Å². The zero-order valence-electron chi connectivity index (χ0n) is 19.8. The van der Waals surface area contributed by atoms with Gasteiger partial charge in [0.15, 0.2) is 0 Å². The number of carbonyl (C=O) groups excluding carboxylic acids is 1. The molecule has 0 saturated carbocycles. The number of nitrogens with two attached hydrogens (primary N) is 2. The standard InChI is InChI=1S/C26H27N7O2/c1-4-19(30-23-18(13-14-21(27)34)16(3)29-26(28)32-23)24-31-20-12-8-9-15(2)22(20)25(35)33(24)17-10-6-5-7-11-17/h5-14,19H,4H2,1-3H3,(H2,27,34)(H3,28,29,30,32)/b14-13+. The van der Waals surface area contributed by atoms with E-state index >= 15 is 0 Å². The van der Waals surface area contributed by atoms with Gasteiger partial charge in [0.2, 0.25) is 11.9 Å². The average molecular weight is 470 g/mol. The fourth-order valence-corrected chi connectivity index (χ4v) is 4.07. The Morgan fingerprint density at radius 2 is 1.83 bits per heavy atom. The van der Waals surface area contributed by atoms with Crippen molar-refractivity contribution in [2.75, 3.05) is 11.1 Å². The van der Waals surface area contributed by atoms with Gasteiger partial charge in [0, 0.05) is 11.6 Å². The van der Waals surface area contributed by atoms with Crippen LogP contribution in [0.2, 0.25) is 0 Å². The molecule has 0 fully saturated rings. The molecule has 9 nitrogen and oxygen atoms in total. The molecule has 2 aromatic heterocycles. The van der Waals surface area contributed by atoms with Crippen molar-refractivity contribution in [1.82, 2.24) is 19.5 Å². The van der Waals surface area contributed by atoms with Crippen LogP contribution in [0.15, 0.2) is 59.4 Å². The molecule has 1 atom stereocenters. The van der Waals surface area contributed by atoms with Gasteiger partial charge in [-0.2, -0.15) is 4.98 Å². The summed E-state index contributed by atoms with van der Waals surface area (Å²) in [6.07, 6.45) is 3.37. The fourth-order valence-electron chi connectivity index (χ4n) is 4.07. The summed E-state index contributed by atoms with van der Waals surface area (Å²) < 4.78 is 1.63. The molecule has 5 N–H and O–H groups in total. The Morgan fingerprint density at radius 1 is 1.09 bits per heavy atom. The average Bonchev–Trinajstić information content (AvgIpc) is 2.82. The Bertz CT molecular complexity index is 1490. The van der Waals surface area contributed by atoms with E-state index in [9.17, 15) is 9.59 Å². The first-order chi connectivity index (χ1) is 16.8. The van der Waals surface area contributed by atoms with Gasteiger partial charge < -0.3 is 16.8 Å². The summed E-state index contributed by atoms with van der Waals surface area (Å²) in [7, 11) is 0. The first-order valence-corrected chi connectivity index (χ1v) is 11.3. The number of hydrogen-bond acceptors (Lipinski definition) is 7. The molecule has 4 rings (SSSR count). The Labute approximate surface area is 202 Å². The van der Waals surface area contributed by atoms with E-state index in [-0.39, 0.29) is 11.5 Å². The highest BCUT2D eigenvalue weighted by Crippen LogP contribution is 2.28. The third-order valence-corrected chi connectivity index (χ3v) is 5.74. The highest BCUT2D eigenvalue weighted by atomic mass is 16.1. The molecule has 4 aromatic rings. The smallest absolute Gasteiger partial charge is 0.266 e. The van der Waals surface area contributed by atoms with Gasteiger partial charge in [-0.15, -0.1) is 0 Å². The zero-order valence-corrected chi connectivity index (χ0v) is 19.8. The number of aryl methyl sites for hydroxylation is 2. The lowest BCUT2D eigenvalue weighted by molar-refractivity contribution is -0.113. The summed E-state index contributed by atoms with van der Waals surface area (Å²) in [5.41, 5.74) is 14.4. The summed E-state index contributed by atoms with van der Waals surface area (Å²) in [6.45, 7) is 5.65. The first-order valence-electron chi connectivity index (χ1n) is 11.3. The molecule has 0 bridgehead atoms. The second kappa shape index (κ2) is 9.76. The van der Waals surface area contributed by atoms with Crippen LogP contribution in [0.5, 0.6) is 0 Å². The lowest BCUT2D eigenvalue weighted by Crippen LogP contribution is -2.29. The number of anilines is 2. The van der Waals surface area contributed by atoms with Gasteiger partial charge in [0.05, 0.1) is 28.3 Å². The SMILES string of the molecule is CCC(Nc1nc(N)nc(C)c1/C=C/C(N)=O)c1nc2cccc(C)c2c(=O)n1-c1ccccc1. The Hall–Kier alpha value is -4.53. The molecule has 2 heterocycles. The largest absolute Gasteiger partial charge is 0.368 e. The highest BCUT2D eigenvalue weighted by Gasteiger charge is 2.22. The van der Waals surface area contributed by atoms with Crippen LogP contribution in [0.1, 0.15) is 42.0 Å². The maximum absolute atomic E-state index is 13.8. The monoisotopic (exact) mass is 469 g/mol. The number of amides is 1. The van der Waals surface area contributed by atoms with Crippen LogP contribution < -0.4 is 22.3 Å². The molecule has 9 heteroatoms. The predicted molar refractivity (Wildman–Crippen MR) is 138 cm³/mol. The number of benzene rings is 2. The Morgan fingerprint density at radius 3 is 2.51 bits per heavy atom. The minimum Gasteiger partial charge on any atom is -0.368 e. The Balaban J connectivity index is 1.94. The lowest BCUT2D eigenvalue weighted by Gasteiger charge is -2.23. The molecule has 0 aliphatic rings. The molecule has 35 heavy (non-hydrogen) atoms. The topological polar surface area (TPSA) is 142 Å². The third-order valence-electron chi connectivity index (χ3n) is 5.74. The van der Waals surface area contributed by atoms with Crippen LogP contribution in [0.4, 0.5) is 11.8 Å². The zero-order chi connectivity index (χ0) is 25.1. The minimum absolute atomic E-state index is 0.0821. The normalized spacial score (nSPS) is 12.2. The number of carbonyl (C=O) groups is 1. The van der Waals surface area contributed by atoms with Gasteiger partial charge in [0.25, 0.3) is 5.56 Å². The van der Waals surface area contributed by atoms with Crippen molar-refractivity contribution in [2.45, 2.75) is 33.2 Å². The molecular formula is C26H27N7O2. The number of primary amides is 1. The van der Waals surface area contributed by atoms with Gasteiger partial charge >= 0.3 is 0 Å². The summed E-state index contributed by atoms with van der Waals surface area (Å²) in [5, 5.41) is 3.95. The van der Waals surface area contributed by atoms with Gasteiger partial charge in [-0.05, 0) is 50.1 Å². The van der Waals surface area contributed by atoms with E-state index in [0.717, 1.165) is 5.56 Å². The molecule has 0 aliphatic heterocycles. The van der Waals surface area contributed by atoms with Crippen molar-refractivity contribution in [1.29, 1.82) is 0 Å². The second-order valence-electron chi connectivity index (χ2n) is 8.19. The molecule has 0 aliphatic carbocycles. The third kappa shape index (κ3) is 4.74. The molecule has 0 radical (unpaired) electrons. The fraction of sp³-hybridized carbons (Fsp3) is 0.192. The molecule has 1 unspecified atom stereocenters. The number of nitrogens with one attached hydrogen (secondary N) is 1. The predicted octanol–water partition coefficient (Wildman–Crippen LogP) is 3.44. The number of aromatic nitrogens is 4. The van der Waals surface area contributed by atoms with Crippen molar-refractivity contribution >= 4 is 34.7 Å². The molecule has 0 saturated heterocycles. The van der Waals surface area contributed by atoms with E-state index in [0.29, 0.717) is 45.9 Å². The first kappa shape index (κ1) is 23.6. The Kier molecular flexibility index (Phi) is 6.59. The van der Waals surface area contributed by atoms with Crippen molar-refractivity contribution in [2.24, 2.45) is 5.73 Å².